The van der Waals surface area contributed by atoms with Crippen molar-refractivity contribution >= 4 is 12.2 Å². The topological polar surface area (TPSA) is 204 Å². The van der Waals surface area contributed by atoms with Crippen LogP contribution in [0.3, 0.4) is 0 Å². The lowest BCUT2D eigenvalue weighted by atomic mass is 10.0. The zero-order valence-electron chi connectivity index (χ0n) is 9.60. The third-order valence-corrected chi connectivity index (χ3v) is 1.88. The van der Waals surface area contributed by atoms with Gasteiger partial charge in [0, 0.05) is 0 Å². The van der Waals surface area contributed by atoms with Crippen molar-refractivity contribution in [2.45, 2.75) is 24.4 Å². The highest BCUT2D eigenvalue weighted by Crippen LogP contribution is 2.03. The maximum absolute atomic E-state index is 10.0. The van der Waals surface area contributed by atoms with Gasteiger partial charge in [-0.1, -0.05) is 0 Å². The lowest BCUT2D eigenvalue weighted by Crippen LogP contribution is -2.46. The lowest BCUT2D eigenvalue weighted by molar-refractivity contribution is -0.822. The molecule has 0 amide bonds. The minimum Gasteiger partial charge on any atom is -0.394 e. The first kappa shape index (κ1) is 17.1. The van der Waals surface area contributed by atoms with E-state index >= 15 is 0 Å². The number of hydrogen-bond acceptors (Lipinski definition) is 8. The zero-order chi connectivity index (χ0) is 15.0. The Balaban J connectivity index is 4.43. The van der Waals surface area contributed by atoms with Crippen LogP contribution in [0.1, 0.15) is 0 Å². The van der Waals surface area contributed by atoms with Gasteiger partial charge in [0.05, 0.1) is 12.8 Å². The normalized spacial score (nSPS) is 18.9. The Kier molecular flexibility index (Phi) is 7.47. The molecule has 0 heterocycles. The molecule has 110 valence electrons. The van der Waals surface area contributed by atoms with Gasteiger partial charge in [-0.05, 0) is 5.43 Å². The zero-order valence-corrected chi connectivity index (χ0v) is 9.60. The Labute approximate surface area is 106 Å². The van der Waals surface area contributed by atoms with E-state index in [9.17, 15) is 20.2 Å². The van der Waals surface area contributed by atoms with Gasteiger partial charge in [0.15, 0.2) is 0 Å². The van der Waals surface area contributed by atoms with Crippen LogP contribution in [0.5, 0.6) is 0 Å². The van der Waals surface area contributed by atoms with Crippen molar-refractivity contribution in [2.24, 2.45) is 15.9 Å². The monoisotopic (exact) mass is 282 g/mol. The Morgan fingerprint density at radius 1 is 1.32 bits per heavy atom. The molecule has 4 atom stereocenters. The molecule has 0 bridgehead atoms. The molecule has 0 aliphatic heterocycles. The molecule has 0 fully saturated rings. The quantitative estimate of drug-likeness (QED) is 0.128. The second-order valence-corrected chi connectivity index (χ2v) is 3.36. The summed E-state index contributed by atoms with van der Waals surface area (Å²) in [6, 6.07) is 0. The molecule has 0 spiro atoms. The van der Waals surface area contributed by atoms with Crippen LogP contribution in [-0.4, -0.2) is 79.0 Å². The first-order valence-electron chi connectivity index (χ1n) is 4.92. The molecule has 0 aromatic rings. The number of rotatable bonds is 7. The largest absolute Gasteiger partial charge is 0.394 e. The van der Waals surface area contributed by atoms with Crippen molar-refractivity contribution in [3.05, 3.63) is 4.91 Å². The molecular formula is C7H16N5O7+. The number of aliphatic hydroxyl groups is 5. The summed E-state index contributed by atoms with van der Waals surface area (Å²) in [6.07, 6.45) is -6.34. The van der Waals surface area contributed by atoms with Crippen molar-refractivity contribution in [1.29, 1.82) is 0 Å². The van der Waals surface area contributed by atoms with E-state index in [0.29, 0.717) is 6.21 Å². The fourth-order valence-corrected chi connectivity index (χ4v) is 0.910. The summed E-state index contributed by atoms with van der Waals surface area (Å²) in [5.41, 5.74) is 6.60. The molecule has 9 N–H and O–H groups in total. The van der Waals surface area contributed by atoms with Crippen LogP contribution in [0, 0.1) is 4.91 Å². The average molecular weight is 282 g/mol. The average Bonchev–Trinajstić information content (AvgIpc) is 2.34. The summed E-state index contributed by atoms with van der Waals surface area (Å²) in [4.78, 5) is 10.0. The molecule has 12 heteroatoms. The predicted octanol–water partition coefficient (Wildman–Crippen LogP) is -4.60. The number of nitrogens with one attached hydrogen (secondary N) is 1. The highest BCUT2D eigenvalue weighted by atomic mass is 16.7. The molecule has 12 nitrogen and oxygen atoms in total. The Bertz CT molecular complexity index is 349. The molecule has 0 radical (unpaired) electrons. The van der Waals surface area contributed by atoms with E-state index in [1.54, 1.807) is 5.43 Å². The van der Waals surface area contributed by atoms with Gasteiger partial charge in [0.1, 0.15) is 29.3 Å². The van der Waals surface area contributed by atoms with Crippen LogP contribution in [0.2, 0.25) is 0 Å². The van der Waals surface area contributed by atoms with Crippen molar-refractivity contribution in [3.8, 4) is 0 Å². The second-order valence-electron chi connectivity index (χ2n) is 3.36. The summed E-state index contributed by atoms with van der Waals surface area (Å²) >= 11 is 0. The van der Waals surface area contributed by atoms with Gasteiger partial charge in [-0.3, -0.25) is 0 Å². The third kappa shape index (κ3) is 6.58. The van der Waals surface area contributed by atoms with Crippen LogP contribution in [0.25, 0.3) is 0 Å². The molecule has 0 saturated heterocycles. The third-order valence-electron chi connectivity index (χ3n) is 1.88. The summed E-state index contributed by atoms with van der Waals surface area (Å²) in [5.74, 6) is -0.605. The van der Waals surface area contributed by atoms with E-state index < -0.39 is 42.0 Å². The van der Waals surface area contributed by atoms with Crippen molar-refractivity contribution in [1.82, 2.24) is 5.43 Å². The number of aliphatic hydroxyl groups excluding tert-OH is 5. The molecular weight excluding hydrogens is 266 g/mol. The van der Waals surface area contributed by atoms with Crippen LogP contribution in [0.4, 0.5) is 0 Å². The summed E-state index contributed by atoms with van der Waals surface area (Å²) in [5, 5.41) is 59.1. The van der Waals surface area contributed by atoms with E-state index in [-0.39, 0.29) is 0 Å². The second kappa shape index (κ2) is 8.28. The summed E-state index contributed by atoms with van der Waals surface area (Å²) in [7, 11) is 0. The first-order valence-corrected chi connectivity index (χ1v) is 4.92. The number of hydrogen-bond donors (Lipinski definition) is 8. The van der Waals surface area contributed by atoms with Crippen LogP contribution >= 0.6 is 0 Å². The molecule has 0 aliphatic carbocycles. The predicted molar refractivity (Wildman–Crippen MR) is 59.8 cm³/mol. The van der Waals surface area contributed by atoms with Crippen LogP contribution in [-0.2, 0) is 0 Å². The Morgan fingerprint density at radius 3 is 2.37 bits per heavy atom. The highest BCUT2D eigenvalue weighted by Gasteiger charge is 2.29. The van der Waals surface area contributed by atoms with Gasteiger partial charge in [-0.15, -0.1) is 5.10 Å². The first-order chi connectivity index (χ1) is 8.79. The number of guanidine groups is 1. The van der Waals surface area contributed by atoms with E-state index in [2.05, 4.69) is 10.2 Å². The van der Waals surface area contributed by atoms with Gasteiger partial charge >= 0.3 is 5.03 Å². The minimum atomic E-state index is -1.83. The van der Waals surface area contributed by atoms with Crippen LogP contribution in [0.15, 0.2) is 10.2 Å². The number of nitrogens with two attached hydrogens (primary N) is 1. The number of hydrazine groups is 1. The van der Waals surface area contributed by atoms with Gasteiger partial charge in [-0.2, -0.15) is 5.10 Å². The van der Waals surface area contributed by atoms with Gasteiger partial charge in [-0.25, -0.2) is 5.21 Å². The summed E-state index contributed by atoms with van der Waals surface area (Å²) in [6.45, 7) is -0.813. The molecule has 19 heavy (non-hydrogen) atoms. The van der Waals surface area contributed by atoms with E-state index in [0.717, 1.165) is 0 Å². The highest BCUT2D eigenvalue weighted by molar-refractivity contribution is 5.77. The SMILES string of the molecule is N/C(=N\N=C\C(O)C(O)C(O)C(O)CO)N[N+](=O)O. The van der Waals surface area contributed by atoms with E-state index in [1.807, 2.05) is 0 Å². The van der Waals surface area contributed by atoms with Crippen molar-refractivity contribution < 1.29 is 35.8 Å². The number of nitrogens with zero attached hydrogens (tertiary/aromatic N) is 3. The standard InChI is InChI=1S/C7H16N5O7/c8-7(11-12(18)19)10-9-1-3(14)5(16)6(17)4(15)2-13/h1,3-6,13-17H,2H2,(H,18,19)(H3,8,10,11)/q+1/b9-1+. The fourth-order valence-electron chi connectivity index (χ4n) is 0.910. The van der Waals surface area contributed by atoms with Gasteiger partial charge in [0.2, 0.25) is 0 Å². The van der Waals surface area contributed by atoms with E-state index in [4.69, 9.17) is 21.2 Å². The molecule has 4 unspecified atom stereocenters. The lowest BCUT2D eigenvalue weighted by Gasteiger charge is -2.23. The Morgan fingerprint density at radius 2 is 1.89 bits per heavy atom. The summed E-state index contributed by atoms with van der Waals surface area (Å²) < 4.78 is 0. The molecule has 0 aromatic carbocycles. The van der Waals surface area contributed by atoms with E-state index in [1.165, 1.54) is 0 Å². The molecule has 0 aromatic heterocycles. The smallest absolute Gasteiger partial charge is 0.362 e. The molecule has 0 saturated carbocycles. The molecule has 0 aliphatic rings. The Hall–Kier alpha value is -1.86. The van der Waals surface area contributed by atoms with Gasteiger partial charge in [0.25, 0.3) is 5.96 Å². The van der Waals surface area contributed by atoms with Gasteiger partial charge < -0.3 is 31.3 Å². The molecule has 0 rings (SSSR count). The maximum Gasteiger partial charge on any atom is 0.362 e. The van der Waals surface area contributed by atoms with Crippen molar-refractivity contribution in [3.63, 3.8) is 0 Å². The minimum absolute atomic E-state index is 0.605. The maximum atomic E-state index is 10.0. The fraction of sp³-hybridized carbons (Fsp3) is 0.714. The van der Waals surface area contributed by atoms with Crippen molar-refractivity contribution in [2.75, 3.05) is 6.61 Å². The van der Waals surface area contributed by atoms with Crippen LogP contribution < -0.4 is 11.2 Å².